The predicted octanol–water partition coefficient (Wildman–Crippen LogP) is 1.81. The fourth-order valence-electron chi connectivity index (χ4n) is 1.57. The van der Waals surface area contributed by atoms with E-state index in [9.17, 15) is 14.7 Å². The van der Waals surface area contributed by atoms with Crippen LogP contribution in [0.4, 0.5) is 10.5 Å². The highest BCUT2D eigenvalue weighted by Crippen LogP contribution is 2.16. The Kier molecular flexibility index (Phi) is 5.99. The van der Waals surface area contributed by atoms with Gasteiger partial charge in [0.25, 0.3) is 0 Å². The second kappa shape index (κ2) is 7.49. The quantitative estimate of drug-likeness (QED) is 0.718. The Morgan fingerprint density at radius 2 is 2.05 bits per heavy atom. The summed E-state index contributed by atoms with van der Waals surface area (Å²) in [5, 5.41) is 14.5. The van der Waals surface area contributed by atoms with E-state index in [-0.39, 0.29) is 6.61 Å². The molecule has 0 saturated heterocycles. The summed E-state index contributed by atoms with van der Waals surface area (Å²) in [6, 6.07) is 5.62. The number of aliphatic hydroxyl groups excluding tert-OH is 1. The lowest BCUT2D eigenvalue weighted by atomic mass is 10.1. The van der Waals surface area contributed by atoms with Gasteiger partial charge in [0.05, 0.1) is 12.7 Å². The highest BCUT2D eigenvalue weighted by molar-refractivity contribution is 5.92. The van der Waals surface area contributed by atoms with Gasteiger partial charge >= 0.3 is 12.0 Å². The summed E-state index contributed by atoms with van der Waals surface area (Å²) in [5.41, 5.74) is 1.23. The number of benzene rings is 1. The molecule has 0 bridgehead atoms. The van der Waals surface area contributed by atoms with Crippen molar-refractivity contribution < 1.29 is 19.4 Å². The van der Waals surface area contributed by atoms with Crippen molar-refractivity contribution in [2.75, 3.05) is 11.9 Å². The first-order valence-electron chi connectivity index (χ1n) is 6.46. The Bertz CT molecular complexity index is 474. The Balaban J connectivity index is 2.58. The molecule has 6 nitrogen and oxygen atoms in total. The molecule has 0 radical (unpaired) electrons. The Morgan fingerprint density at radius 3 is 2.65 bits per heavy atom. The molecule has 0 heterocycles. The minimum absolute atomic E-state index is 0.267. The molecule has 2 amide bonds. The minimum atomic E-state index is -0.727. The lowest BCUT2D eigenvalue weighted by Crippen LogP contribution is -2.41. The molecule has 0 aliphatic rings. The molecule has 0 aliphatic heterocycles. The van der Waals surface area contributed by atoms with Gasteiger partial charge < -0.3 is 20.5 Å². The van der Waals surface area contributed by atoms with Gasteiger partial charge in [-0.1, -0.05) is 12.1 Å². The number of esters is 1. The van der Waals surface area contributed by atoms with E-state index in [4.69, 9.17) is 4.74 Å². The van der Waals surface area contributed by atoms with Gasteiger partial charge in [0.15, 0.2) is 0 Å². The van der Waals surface area contributed by atoms with E-state index >= 15 is 0 Å². The fraction of sp³-hybridized carbons (Fsp3) is 0.429. The summed E-state index contributed by atoms with van der Waals surface area (Å²) in [5.74, 6) is -0.486. The number of ether oxygens (including phenoxy) is 1. The average Bonchev–Trinajstić information content (AvgIpc) is 2.39. The first kappa shape index (κ1) is 16.0. The molecule has 1 aromatic rings. The van der Waals surface area contributed by atoms with E-state index in [1.807, 2.05) is 0 Å². The van der Waals surface area contributed by atoms with Crippen molar-refractivity contribution in [3.8, 4) is 0 Å². The lowest BCUT2D eigenvalue weighted by molar-refractivity contribution is -0.144. The fourth-order valence-corrected chi connectivity index (χ4v) is 1.57. The number of urea groups is 1. The van der Waals surface area contributed by atoms with Crippen LogP contribution in [0.25, 0.3) is 0 Å². The van der Waals surface area contributed by atoms with Gasteiger partial charge in [0.2, 0.25) is 0 Å². The van der Waals surface area contributed by atoms with Crippen LogP contribution in [0, 0.1) is 0 Å². The third kappa shape index (κ3) is 4.89. The number of aliphatic hydroxyl groups is 1. The van der Waals surface area contributed by atoms with Gasteiger partial charge in [-0.25, -0.2) is 9.59 Å². The number of anilines is 1. The molecule has 1 aromatic carbocycles. The van der Waals surface area contributed by atoms with Gasteiger partial charge in [0.1, 0.15) is 6.04 Å². The van der Waals surface area contributed by atoms with Crippen molar-refractivity contribution in [1.82, 2.24) is 5.32 Å². The van der Waals surface area contributed by atoms with E-state index in [2.05, 4.69) is 10.6 Å². The van der Waals surface area contributed by atoms with Gasteiger partial charge in [-0.15, -0.1) is 0 Å². The number of amides is 2. The molecule has 0 aromatic heterocycles. The van der Waals surface area contributed by atoms with Crippen molar-refractivity contribution in [3.63, 3.8) is 0 Å². The maximum Gasteiger partial charge on any atom is 0.328 e. The summed E-state index contributed by atoms with van der Waals surface area (Å²) in [4.78, 5) is 23.1. The number of nitrogens with one attached hydrogen (secondary N) is 2. The van der Waals surface area contributed by atoms with E-state index in [0.29, 0.717) is 11.3 Å². The first-order chi connectivity index (χ1) is 9.43. The Morgan fingerprint density at radius 1 is 1.35 bits per heavy atom. The summed E-state index contributed by atoms with van der Waals surface area (Å²) < 4.78 is 4.79. The molecule has 2 unspecified atom stereocenters. The molecular weight excluding hydrogens is 260 g/mol. The Labute approximate surface area is 118 Å². The highest BCUT2D eigenvalue weighted by Gasteiger charge is 2.16. The average molecular weight is 280 g/mol. The van der Waals surface area contributed by atoms with Gasteiger partial charge in [-0.2, -0.15) is 0 Å². The van der Waals surface area contributed by atoms with Crippen LogP contribution in [0.15, 0.2) is 24.3 Å². The molecule has 20 heavy (non-hydrogen) atoms. The third-order valence-electron chi connectivity index (χ3n) is 2.61. The van der Waals surface area contributed by atoms with Crippen LogP contribution in [-0.4, -0.2) is 29.8 Å². The number of hydrogen-bond acceptors (Lipinski definition) is 4. The molecule has 0 aliphatic carbocycles. The first-order valence-corrected chi connectivity index (χ1v) is 6.46. The molecule has 6 heteroatoms. The van der Waals surface area contributed by atoms with Gasteiger partial charge in [0, 0.05) is 5.69 Å². The normalized spacial score (nSPS) is 13.2. The number of rotatable bonds is 5. The van der Waals surface area contributed by atoms with Crippen molar-refractivity contribution in [2.24, 2.45) is 0 Å². The van der Waals surface area contributed by atoms with Crippen LogP contribution in [-0.2, 0) is 9.53 Å². The maximum absolute atomic E-state index is 11.7. The monoisotopic (exact) mass is 280 g/mol. The molecule has 0 spiro atoms. The summed E-state index contributed by atoms with van der Waals surface area (Å²) in [6.07, 6.45) is -0.613. The minimum Gasteiger partial charge on any atom is -0.464 e. The molecule has 0 fully saturated rings. The molecule has 0 saturated carbocycles. The zero-order valence-electron chi connectivity index (χ0n) is 11.8. The summed E-state index contributed by atoms with van der Waals surface area (Å²) in [7, 11) is 0. The topological polar surface area (TPSA) is 87.7 Å². The van der Waals surface area contributed by atoms with Crippen LogP contribution in [0.3, 0.4) is 0 Å². The SMILES string of the molecule is CCOC(=O)C(C)NC(=O)Nc1cccc(C(C)O)c1. The summed E-state index contributed by atoms with van der Waals surface area (Å²) >= 11 is 0. The van der Waals surface area contributed by atoms with Crippen LogP contribution in [0.2, 0.25) is 0 Å². The molecule has 1 rings (SSSR count). The van der Waals surface area contributed by atoms with Crippen LogP contribution in [0.1, 0.15) is 32.4 Å². The van der Waals surface area contributed by atoms with E-state index < -0.39 is 24.1 Å². The predicted molar refractivity (Wildman–Crippen MR) is 75.3 cm³/mol. The van der Waals surface area contributed by atoms with E-state index in [1.54, 1.807) is 45.0 Å². The van der Waals surface area contributed by atoms with Crippen LogP contribution >= 0.6 is 0 Å². The summed E-state index contributed by atoms with van der Waals surface area (Å²) in [6.45, 7) is 5.15. The van der Waals surface area contributed by atoms with E-state index in [1.165, 1.54) is 0 Å². The molecule has 3 N–H and O–H groups in total. The standard InChI is InChI=1S/C14H20N2O4/c1-4-20-13(18)9(2)15-14(19)16-12-7-5-6-11(8-12)10(3)17/h5-10,17H,4H2,1-3H3,(H2,15,16,19). The number of carbonyl (C=O) groups excluding carboxylic acids is 2. The van der Waals surface area contributed by atoms with Crippen LogP contribution < -0.4 is 10.6 Å². The third-order valence-corrected chi connectivity index (χ3v) is 2.61. The largest absolute Gasteiger partial charge is 0.464 e. The van der Waals surface area contributed by atoms with Crippen molar-refractivity contribution in [2.45, 2.75) is 32.9 Å². The number of carbonyl (C=O) groups is 2. The van der Waals surface area contributed by atoms with E-state index in [0.717, 1.165) is 0 Å². The molecular formula is C14H20N2O4. The second-order valence-electron chi connectivity index (χ2n) is 4.37. The number of hydrogen-bond donors (Lipinski definition) is 3. The van der Waals surface area contributed by atoms with Crippen molar-refractivity contribution in [3.05, 3.63) is 29.8 Å². The smallest absolute Gasteiger partial charge is 0.328 e. The zero-order valence-corrected chi connectivity index (χ0v) is 11.8. The van der Waals surface area contributed by atoms with Gasteiger partial charge in [-0.3, -0.25) is 0 Å². The van der Waals surface area contributed by atoms with Gasteiger partial charge in [-0.05, 0) is 38.5 Å². The maximum atomic E-state index is 11.7. The molecule has 2 atom stereocenters. The highest BCUT2D eigenvalue weighted by atomic mass is 16.5. The zero-order chi connectivity index (χ0) is 15.1. The second-order valence-corrected chi connectivity index (χ2v) is 4.37. The molecule has 110 valence electrons. The Hall–Kier alpha value is -2.08. The lowest BCUT2D eigenvalue weighted by Gasteiger charge is -2.14. The van der Waals surface area contributed by atoms with Crippen molar-refractivity contribution in [1.29, 1.82) is 0 Å². The van der Waals surface area contributed by atoms with Crippen molar-refractivity contribution >= 4 is 17.7 Å². The van der Waals surface area contributed by atoms with Crippen LogP contribution in [0.5, 0.6) is 0 Å².